The SMILES string of the molecule is CC1CCCC(c2ccc(NCc3ccc(NS(=O)(=O)C(C)C)cc3)cc2)C1C. The van der Waals surface area contributed by atoms with Crippen molar-refractivity contribution in [2.45, 2.75) is 64.7 Å². The highest BCUT2D eigenvalue weighted by atomic mass is 32.2. The summed E-state index contributed by atoms with van der Waals surface area (Å²) in [5, 5.41) is 3.01. The second-order valence-electron chi connectivity index (χ2n) is 8.74. The number of hydrogen-bond acceptors (Lipinski definition) is 3. The molecule has 0 bridgehead atoms. The van der Waals surface area contributed by atoms with Gasteiger partial charge < -0.3 is 5.32 Å². The molecule has 0 aliphatic heterocycles. The van der Waals surface area contributed by atoms with Crippen LogP contribution >= 0.6 is 0 Å². The van der Waals surface area contributed by atoms with Crippen LogP contribution in [0.25, 0.3) is 0 Å². The third-order valence-corrected chi connectivity index (χ3v) is 8.14. The summed E-state index contributed by atoms with van der Waals surface area (Å²) >= 11 is 0. The first-order valence-corrected chi connectivity index (χ1v) is 12.3. The number of anilines is 2. The predicted octanol–water partition coefficient (Wildman–Crippen LogP) is 5.99. The molecule has 2 N–H and O–H groups in total. The van der Waals surface area contributed by atoms with Crippen LogP contribution < -0.4 is 10.0 Å². The van der Waals surface area contributed by atoms with Gasteiger partial charge >= 0.3 is 0 Å². The quantitative estimate of drug-likeness (QED) is 0.585. The van der Waals surface area contributed by atoms with Crippen molar-refractivity contribution in [1.29, 1.82) is 0 Å². The lowest BCUT2D eigenvalue weighted by molar-refractivity contribution is 0.238. The minimum Gasteiger partial charge on any atom is -0.381 e. The van der Waals surface area contributed by atoms with E-state index in [-0.39, 0.29) is 0 Å². The van der Waals surface area contributed by atoms with E-state index in [0.29, 0.717) is 18.2 Å². The fourth-order valence-electron chi connectivity index (χ4n) is 4.08. The van der Waals surface area contributed by atoms with E-state index >= 15 is 0 Å². The average molecular weight is 415 g/mol. The molecule has 158 valence electrons. The summed E-state index contributed by atoms with van der Waals surface area (Å²) in [6.45, 7) is 8.81. The van der Waals surface area contributed by atoms with Crippen molar-refractivity contribution in [3.8, 4) is 0 Å². The molecular weight excluding hydrogens is 380 g/mol. The van der Waals surface area contributed by atoms with E-state index in [1.165, 1.54) is 24.8 Å². The maximum Gasteiger partial charge on any atom is 0.235 e. The van der Waals surface area contributed by atoms with Crippen molar-refractivity contribution in [3.05, 3.63) is 59.7 Å². The monoisotopic (exact) mass is 414 g/mol. The van der Waals surface area contributed by atoms with Crippen molar-refractivity contribution < 1.29 is 8.42 Å². The molecule has 3 atom stereocenters. The second kappa shape index (κ2) is 9.21. The largest absolute Gasteiger partial charge is 0.381 e. The van der Waals surface area contributed by atoms with Crippen LogP contribution in [0.1, 0.15) is 64.0 Å². The molecular formula is C24H34N2O2S. The zero-order chi connectivity index (χ0) is 21.0. The van der Waals surface area contributed by atoms with Crippen molar-refractivity contribution in [2.24, 2.45) is 11.8 Å². The van der Waals surface area contributed by atoms with Gasteiger partial charge in [0.1, 0.15) is 0 Å². The van der Waals surface area contributed by atoms with Gasteiger partial charge in [0, 0.05) is 17.9 Å². The van der Waals surface area contributed by atoms with Crippen molar-refractivity contribution in [3.63, 3.8) is 0 Å². The highest BCUT2D eigenvalue weighted by Crippen LogP contribution is 2.41. The fraction of sp³-hybridized carbons (Fsp3) is 0.500. The van der Waals surface area contributed by atoms with Crippen LogP contribution in [0.5, 0.6) is 0 Å². The Morgan fingerprint density at radius 3 is 2.17 bits per heavy atom. The Balaban J connectivity index is 1.56. The Labute approximate surface area is 176 Å². The number of nitrogens with one attached hydrogen (secondary N) is 2. The molecule has 1 aliphatic rings. The molecule has 29 heavy (non-hydrogen) atoms. The first kappa shape index (κ1) is 21.7. The van der Waals surface area contributed by atoms with Crippen LogP contribution in [0.2, 0.25) is 0 Å². The lowest BCUT2D eigenvalue weighted by Gasteiger charge is -2.34. The maximum absolute atomic E-state index is 12.0. The Morgan fingerprint density at radius 1 is 0.931 bits per heavy atom. The Morgan fingerprint density at radius 2 is 1.55 bits per heavy atom. The third kappa shape index (κ3) is 5.53. The molecule has 1 saturated carbocycles. The average Bonchev–Trinajstić information content (AvgIpc) is 2.70. The van der Waals surface area contributed by atoms with Crippen LogP contribution in [0.4, 0.5) is 11.4 Å². The first-order chi connectivity index (χ1) is 13.8. The second-order valence-corrected chi connectivity index (χ2v) is 11.0. The lowest BCUT2D eigenvalue weighted by Crippen LogP contribution is -2.22. The van der Waals surface area contributed by atoms with Crippen LogP contribution in [0, 0.1) is 11.8 Å². The van der Waals surface area contributed by atoms with Crippen LogP contribution in [-0.2, 0) is 16.6 Å². The molecule has 3 unspecified atom stereocenters. The summed E-state index contributed by atoms with van der Waals surface area (Å²) in [4.78, 5) is 0. The smallest absolute Gasteiger partial charge is 0.235 e. The molecule has 0 spiro atoms. The Bertz CT molecular complexity index is 889. The van der Waals surface area contributed by atoms with Gasteiger partial charge in [-0.15, -0.1) is 0 Å². The molecule has 0 amide bonds. The van der Waals surface area contributed by atoms with E-state index in [1.807, 2.05) is 24.3 Å². The minimum absolute atomic E-state index is 0.452. The van der Waals surface area contributed by atoms with Gasteiger partial charge in [-0.05, 0) is 73.4 Å². The number of hydrogen-bond donors (Lipinski definition) is 2. The van der Waals surface area contributed by atoms with Crippen molar-refractivity contribution in [2.75, 3.05) is 10.0 Å². The molecule has 0 saturated heterocycles. The number of benzene rings is 2. The molecule has 1 aliphatic carbocycles. The van der Waals surface area contributed by atoms with Gasteiger partial charge in [0.05, 0.1) is 5.25 Å². The molecule has 2 aromatic carbocycles. The van der Waals surface area contributed by atoms with Crippen LogP contribution in [0.15, 0.2) is 48.5 Å². The topological polar surface area (TPSA) is 58.2 Å². The molecule has 0 radical (unpaired) electrons. The summed E-state index contributed by atoms with van der Waals surface area (Å²) in [5.41, 5.74) is 4.27. The summed E-state index contributed by atoms with van der Waals surface area (Å²) in [6.07, 6.45) is 3.99. The van der Waals surface area contributed by atoms with Gasteiger partial charge in [0.2, 0.25) is 10.0 Å². The molecule has 0 aromatic heterocycles. The minimum atomic E-state index is -3.31. The molecule has 0 heterocycles. The zero-order valence-electron chi connectivity index (χ0n) is 18.0. The van der Waals surface area contributed by atoms with Crippen molar-refractivity contribution in [1.82, 2.24) is 0 Å². The maximum atomic E-state index is 12.0. The van der Waals surface area contributed by atoms with Crippen molar-refractivity contribution >= 4 is 21.4 Å². The fourth-order valence-corrected chi connectivity index (χ4v) is 4.78. The summed E-state index contributed by atoms with van der Waals surface area (Å²) in [6, 6.07) is 16.4. The molecule has 1 fully saturated rings. The normalized spacial score (nSPS) is 22.4. The van der Waals surface area contributed by atoms with Crippen LogP contribution in [0.3, 0.4) is 0 Å². The first-order valence-electron chi connectivity index (χ1n) is 10.7. The molecule has 2 aromatic rings. The Hall–Kier alpha value is -2.01. The van der Waals surface area contributed by atoms with Gasteiger partial charge in [-0.1, -0.05) is 51.0 Å². The number of sulfonamides is 1. The van der Waals surface area contributed by atoms with Gasteiger partial charge in [-0.3, -0.25) is 4.72 Å². The highest BCUT2D eigenvalue weighted by Gasteiger charge is 2.27. The molecule has 4 nitrogen and oxygen atoms in total. The van der Waals surface area contributed by atoms with E-state index < -0.39 is 15.3 Å². The summed E-state index contributed by atoms with van der Waals surface area (Å²) in [7, 11) is -3.31. The third-order valence-electron chi connectivity index (χ3n) is 6.38. The predicted molar refractivity (Wildman–Crippen MR) is 123 cm³/mol. The van der Waals surface area contributed by atoms with Gasteiger partial charge in [-0.2, -0.15) is 0 Å². The van der Waals surface area contributed by atoms with Gasteiger partial charge in [0.25, 0.3) is 0 Å². The van der Waals surface area contributed by atoms with Gasteiger partial charge in [-0.25, -0.2) is 8.42 Å². The Kier molecular flexibility index (Phi) is 6.89. The number of rotatable bonds is 7. The van der Waals surface area contributed by atoms with Gasteiger partial charge in [0.15, 0.2) is 0 Å². The van der Waals surface area contributed by atoms with E-state index in [1.54, 1.807) is 13.8 Å². The molecule has 5 heteroatoms. The summed E-state index contributed by atoms with van der Waals surface area (Å²) < 4.78 is 26.5. The van der Waals surface area contributed by atoms with E-state index in [4.69, 9.17) is 0 Å². The van der Waals surface area contributed by atoms with E-state index in [0.717, 1.165) is 23.1 Å². The van der Waals surface area contributed by atoms with E-state index in [9.17, 15) is 8.42 Å². The zero-order valence-corrected chi connectivity index (χ0v) is 18.8. The molecule has 3 rings (SSSR count). The van der Waals surface area contributed by atoms with Crippen LogP contribution in [-0.4, -0.2) is 13.7 Å². The summed E-state index contributed by atoms with van der Waals surface area (Å²) in [5.74, 6) is 2.23. The lowest BCUT2D eigenvalue weighted by atomic mass is 9.71. The van der Waals surface area contributed by atoms with E-state index in [2.05, 4.69) is 48.2 Å². The highest BCUT2D eigenvalue weighted by molar-refractivity contribution is 7.93. The standard InChI is InChI=1S/C24H34N2O2S/c1-17(2)29(27,28)26-23-12-8-20(9-13-23)16-25-22-14-10-21(11-15-22)24-7-5-6-18(3)19(24)4/h8-15,17-19,24-26H,5-7,16H2,1-4H3.